The molecule has 1 aromatic heterocycles. The highest BCUT2D eigenvalue weighted by Gasteiger charge is 2.28. The van der Waals surface area contributed by atoms with Gasteiger partial charge in [0, 0.05) is 15.3 Å². The molecule has 0 amide bonds. The molecule has 17 heavy (non-hydrogen) atoms. The summed E-state index contributed by atoms with van der Waals surface area (Å²) in [7, 11) is 0. The Labute approximate surface area is 113 Å². The first kappa shape index (κ1) is 11.2. The molecule has 0 saturated carbocycles. The number of rotatable bonds is 1. The number of halogens is 1. The second kappa shape index (κ2) is 4.10. The van der Waals surface area contributed by atoms with Crippen molar-refractivity contribution in [3.05, 3.63) is 44.4 Å². The van der Waals surface area contributed by atoms with Gasteiger partial charge in [0.2, 0.25) is 0 Å². The summed E-state index contributed by atoms with van der Waals surface area (Å²) < 4.78 is 1.18. The summed E-state index contributed by atoms with van der Waals surface area (Å²) in [6.07, 6.45) is 2.21. The van der Waals surface area contributed by atoms with Crippen molar-refractivity contribution in [1.82, 2.24) is 4.98 Å². The summed E-state index contributed by atoms with van der Waals surface area (Å²) in [6, 6.07) is 6.42. The van der Waals surface area contributed by atoms with Crippen LogP contribution in [-0.4, -0.2) is 4.98 Å². The van der Waals surface area contributed by atoms with E-state index in [1.165, 1.54) is 26.2 Å². The molecule has 2 aromatic rings. The van der Waals surface area contributed by atoms with Gasteiger partial charge in [-0.05, 0) is 37.0 Å². The van der Waals surface area contributed by atoms with Crippen LogP contribution in [0.3, 0.4) is 0 Å². The number of anilines is 1. The van der Waals surface area contributed by atoms with Gasteiger partial charge in [-0.25, -0.2) is 4.98 Å². The van der Waals surface area contributed by atoms with Gasteiger partial charge < -0.3 is 5.73 Å². The van der Waals surface area contributed by atoms with E-state index >= 15 is 0 Å². The Kier molecular flexibility index (Phi) is 2.71. The van der Waals surface area contributed by atoms with Crippen molar-refractivity contribution < 1.29 is 0 Å². The van der Waals surface area contributed by atoms with E-state index in [0.29, 0.717) is 11.0 Å². The lowest BCUT2D eigenvalue weighted by molar-refractivity contribution is 0.784. The third-order valence-corrected chi connectivity index (χ3v) is 5.31. The van der Waals surface area contributed by atoms with E-state index in [1.54, 1.807) is 11.3 Å². The number of thiazole rings is 1. The number of hydrogen-bond acceptors (Lipinski definition) is 3. The summed E-state index contributed by atoms with van der Waals surface area (Å²) in [5.74, 6) is 0.484. The first-order valence-electron chi connectivity index (χ1n) is 5.67. The van der Waals surface area contributed by atoms with Gasteiger partial charge in [0.25, 0.3) is 0 Å². The number of nitrogen functional groups attached to an aromatic ring is 1. The van der Waals surface area contributed by atoms with Crippen molar-refractivity contribution in [2.75, 3.05) is 5.73 Å². The molecule has 88 valence electrons. The summed E-state index contributed by atoms with van der Waals surface area (Å²) >= 11 is 5.25. The van der Waals surface area contributed by atoms with Crippen LogP contribution in [0, 0.1) is 6.92 Å². The molecule has 4 heteroatoms. The number of aromatic nitrogens is 1. The molecule has 0 bridgehead atoms. The van der Waals surface area contributed by atoms with Crippen molar-refractivity contribution in [2.45, 2.75) is 25.7 Å². The molecule has 1 aliphatic rings. The second-order valence-corrected chi connectivity index (χ2v) is 6.32. The number of nitrogens with two attached hydrogens (primary N) is 1. The first-order chi connectivity index (χ1) is 8.16. The van der Waals surface area contributed by atoms with Crippen molar-refractivity contribution in [3.63, 3.8) is 0 Å². The molecule has 2 nitrogen and oxygen atoms in total. The Balaban J connectivity index is 2.09. The minimum Gasteiger partial charge on any atom is -0.375 e. The lowest BCUT2D eigenvalue weighted by atomic mass is 9.94. The standard InChI is InChI=1S/C13H13BrN2S/c1-7-8(3-2-4-10(7)14)9-5-6-11-12(9)17-13(15)16-11/h2-4,9H,5-6H2,1H3,(H2,15,16). The van der Waals surface area contributed by atoms with Crippen LogP contribution in [0.4, 0.5) is 5.13 Å². The van der Waals surface area contributed by atoms with Gasteiger partial charge in [0.05, 0.1) is 5.69 Å². The van der Waals surface area contributed by atoms with Crippen LogP contribution < -0.4 is 5.73 Å². The molecule has 1 aliphatic carbocycles. The zero-order valence-electron chi connectivity index (χ0n) is 9.53. The Morgan fingerprint density at radius 1 is 1.47 bits per heavy atom. The summed E-state index contributed by atoms with van der Waals surface area (Å²) in [5, 5.41) is 0.701. The Morgan fingerprint density at radius 2 is 2.29 bits per heavy atom. The van der Waals surface area contributed by atoms with E-state index in [2.05, 4.69) is 46.0 Å². The third-order valence-electron chi connectivity index (χ3n) is 3.42. The predicted octanol–water partition coefficient (Wildman–Crippen LogP) is 3.87. The maximum atomic E-state index is 5.80. The fraction of sp³-hybridized carbons (Fsp3) is 0.308. The maximum absolute atomic E-state index is 5.80. The fourth-order valence-corrected chi connectivity index (χ4v) is 3.96. The quantitative estimate of drug-likeness (QED) is 0.868. The first-order valence-corrected chi connectivity index (χ1v) is 7.28. The highest BCUT2D eigenvalue weighted by Crippen LogP contribution is 2.43. The molecule has 0 fully saturated rings. The van der Waals surface area contributed by atoms with Crippen molar-refractivity contribution in [1.29, 1.82) is 0 Å². The van der Waals surface area contributed by atoms with Crippen LogP contribution in [-0.2, 0) is 6.42 Å². The van der Waals surface area contributed by atoms with E-state index in [1.807, 2.05) is 0 Å². The normalized spacial score (nSPS) is 18.4. The summed E-state index contributed by atoms with van der Waals surface area (Å²) in [4.78, 5) is 5.77. The van der Waals surface area contributed by atoms with Crippen LogP contribution >= 0.6 is 27.3 Å². The molecular weight excluding hydrogens is 296 g/mol. The minimum atomic E-state index is 0.484. The molecule has 0 saturated heterocycles. The average Bonchev–Trinajstić information content (AvgIpc) is 2.81. The molecule has 1 atom stereocenters. The largest absolute Gasteiger partial charge is 0.375 e. The zero-order chi connectivity index (χ0) is 12.0. The number of aryl methyl sites for hydroxylation is 1. The number of benzene rings is 1. The Morgan fingerprint density at radius 3 is 3.12 bits per heavy atom. The molecule has 0 aliphatic heterocycles. The topological polar surface area (TPSA) is 38.9 Å². The van der Waals surface area contributed by atoms with Gasteiger partial charge in [-0.3, -0.25) is 0 Å². The highest BCUT2D eigenvalue weighted by molar-refractivity contribution is 9.10. The number of nitrogens with zero attached hydrogens (tertiary/aromatic N) is 1. The van der Waals surface area contributed by atoms with Crippen molar-refractivity contribution in [3.8, 4) is 0 Å². The average molecular weight is 309 g/mol. The van der Waals surface area contributed by atoms with E-state index < -0.39 is 0 Å². The monoisotopic (exact) mass is 308 g/mol. The molecule has 0 spiro atoms. The number of hydrogen-bond donors (Lipinski definition) is 1. The minimum absolute atomic E-state index is 0.484. The Bertz CT molecular complexity index is 577. The van der Waals surface area contributed by atoms with Gasteiger partial charge in [-0.2, -0.15) is 0 Å². The van der Waals surface area contributed by atoms with Gasteiger partial charge in [0.1, 0.15) is 0 Å². The lowest BCUT2D eigenvalue weighted by Gasteiger charge is -2.14. The predicted molar refractivity (Wildman–Crippen MR) is 75.6 cm³/mol. The van der Waals surface area contributed by atoms with Crippen LogP contribution in [0.5, 0.6) is 0 Å². The summed E-state index contributed by atoms with van der Waals surface area (Å²) in [5.41, 5.74) is 9.74. The summed E-state index contributed by atoms with van der Waals surface area (Å²) in [6.45, 7) is 2.17. The lowest BCUT2D eigenvalue weighted by Crippen LogP contribution is -1.98. The van der Waals surface area contributed by atoms with E-state index in [9.17, 15) is 0 Å². The van der Waals surface area contributed by atoms with Gasteiger partial charge in [0.15, 0.2) is 5.13 Å². The Hall–Kier alpha value is -0.870. The molecule has 0 radical (unpaired) electrons. The molecular formula is C13H13BrN2S. The third kappa shape index (κ3) is 1.79. The van der Waals surface area contributed by atoms with Gasteiger partial charge in [-0.15, -0.1) is 11.3 Å². The second-order valence-electron chi connectivity index (χ2n) is 4.41. The zero-order valence-corrected chi connectivity index (χ0v) is 11.9. The van der Waals surface area contributed by atoms with E-state index in [0.717, 1.165) is 12.8 Å². The van der Waals surface area contributed by atoms with Crippen molar-refractivity contribution >= 4 is 32.4 Å². The van der Waals surface area contributed by atoms with Crippen LogP contribution in [0.25, 0.3) is 0 Å². The van der Waals surface area contributed by atoms with E-state index in [-0.39, 0.29) is 0 Å². The molecule has 3 rings (SSSR count). The molecule has 2 N–H and O–H groups in total. The van der Waals surface area contributed by atoms with Gasteiger partial charge >= 0.3 is 0 Å². The smallest absolute Gasteiger partial charge is 0.180 e. The molecule has 1 aromatic carbocycles. The van der Waals surface area contributed by atoms with Gasteiger partial charge in [-0.1, -0.05) is 28.1 Å². The maximum Gasteiger partial charge on any atom is 0.180 e. The van der Waals surface area contributed by atoms with E-state index in [4.69, 9.17) is 5.73 Å². The van der Waals surface area contributed by atoms with Crippen LogP contribution in [0.2, 0.25) is 0 Å². The van der Waals surface area contributed by atoms with Crippen LogP contribution in [0.1, 0.15) is 34.0 Å². The van der Waals surface area contributed by atoms with Crippen LogP contribution in [0.15, 0.2) is 22.7 Å². The SMILES string of the molecule is Cc1c(Br)cccc1C1CCc2nc(N)sc21. The molecule has 1 unspecified atom stereocenters. The fourth-order valence-electron chi connectivity index (χ4n) is 2.54. The van der Waals surface area contributed by atoms with Crippen molar-refractivity contribution in [2.24, 2.45) is 0 Å². The highest BCUT2D eigenvalue weighted by atomic mass is 79.9. The molecule has 1 heterocycles. The number of fused-ring (bicyclic) bond motifs is 1.